The zero-order valence-corrected chi connectivity index (χ0v) is 15.7. The number of carbonyl (C=O) groups is 1. The maximum absolute atomic E-state index is 12.5. The Morgan fingerprint density at radius 3 is 2.84 bits per heavy atom. The normalized spacial score (nSPS) is 21.4. The number of amides is 1. The molecule has 3 heterocycles. The second kappa shape index (κ2) is 6.88. The van der Waals surface area contributed by atoms with Gasteiger partial charge in [-0.2, -0.15) is 0 Å². The minimum absolute atomic E-state index is 0.0249. The van der Waals surface area contributed by atoms with Crippen LogP contribution in [0.25, 0.3) is 0 Å². The number of rotatable bonds is 4. The highest BCUT2D eigenvalue weighted by Gasteiger charge is 2.28. The van der Waals surface area contributed by atoms with Crippen LogP contribution in [0.5, 0.6) is 0 Å². The highest BCUT2D eigenvalue weighted by atomic mass is 32.1. The summed E-state index contributed by atoms with van der Waals surface area (Å²) in [4.78, 5) is 24.1. The van der Waals surface area contributed by atoms with Crippen LogP contribution in [-0.4, -0.2) is 37.9 Å². The molecule has 1 amide bonds. The van der Waals surface area contributed by atoms with Crippen LogP contribution >= 0.6 is 11.3 Å². The summed E-state index contributed by atoms with van der Waals surface area (Å²) < 4.78 is 2.14. The first-order valence-electron chi connectivity index (χ1n) is 9.13. The number of fused-ring (bicyclic) bond motifs is 1. The van der Waals surface area contributed by atoms with E-state index in [0.717, 1.165) is 49.0 Å². The molecular weight excluding hydrogens is 334 g/mol. The predicted octanol–water partition coefficient (Wildman–Crippen LogP) is 2.90. The molecule has 0 radical (unpaired) electrons. The van der Waals surface area contributed by atoms with E-state index in [1.54, 1.807) is 11.3 Å². The maximum atomic E-state index is 12.5. The standard InChI is InChI=1S/C18H25N5OS/c1-12-11-25-16(19-12)10-22-7-8-23-9-15(21-17(23)13(22)2)18(24)20-14-5-3-4-6-14/h9,11,13-14H,3-8,10H2,1-2H3,(H,20,24). The van der Waals surface area contributed by atoms with Crippen LogP contribution in [0, 0.1) is 6.92 Å². The summed E-state index contributed by atoms with van der Waals surface area (Å²) in [5.74, 6) is 0.958. The summed E-state index contributed by atoms with van der Waals surface area (Å²) in [5.41, 5.74) is 1.64. The molecule has 0 bridgehead atoms. The average Bonchev–Trinajstić information content (AvgIpc) is 3.31. The molecule has 1 aliphatic heterocycles. The molecule has 1 saturated carbocycles. The molecule has 134 valence electrons. The zero-order valence-electron chi connectivity index (χ0n) is 14.9. The molecular formula is C18H25N5OS. The molecule has 7 heteroatoms. The molecule has 0 aromatic carbocycles. The van der Waals surface area contributed by atoms with Gasteiger partial charge in [0.25, 0.3) is 5.91 Å². The van der Waals surface area contributed by atoms with E-state index >= 15 is 0 Å². The predicted molar refractivity (Wildman–Crippen MR) is 97.6 cm³/mol. The molecule has 1 N–H and O–H groups in total. The van der Waals surface area contributed by atoms with E-state index in [2.05, 4.69) is 37.1 Å². The van der Waals surface area contributed by atoms with Gasteiger partial charge in [-0.25, -0.2) is 9.97 Å². The number of thiazole rings is 1. The third-order valence-electron chi connectivity index (χ3n) is 5.28. The molecule has 1 unspecified atom stereocenters. The fraction of sp³-hybridized carbons (Fsp3) is 0.611. The third-order valence-corrected chi connectivity index (χ3v) is 6.24. The van der Waals surface area contributed by atoms with Crippen LogP contribution < -0.4 is 5.32 Å². The van der Waals surface area contributed by atoms with Gasteiger partial charge in [-0.3, -0.25) is 9.69 Å². The van der Waals surface area contributed by atoms with Gasteiger partial charge in [0.05, 0.1) is 12.6 Å². The lowest BCUT2D eigenvalue weighted by Gasteiger charge is -2.32. The SMILES string of the molecule is Cc1csc(CN2CCn3cc(C(=O)NC4CCCC4)nc3C2C)n1. The van der Waals surface area contributed by atoms with Crippen LogP contribution in [0.3, 0.4) is 0 Å². The van der Waals surface area contributed by atoms with Crippen molar-refractivity contribution in [2.75, 3.05) is 6.54 Å². The van der Waals surface area contributed by atoms with Gasteiger partial charge in [0, 0.05) is 36.4 Å². The Bertz CT molecular complexity index is 761. The Morgan fingerprint density at radius 2 is 2.12 bits per heavy atom. The average molecular weight is 359 g/mol. The van der Waals surface area contributed by atoms with Crippen molar-refractivity contribution in [1.82, 2.24) is 24.8 Å². The van der Waals surface area contributed by atoms with Crippen LogP contribution in [0.15, 0.2) is 11.6 Å². The van der Waals surface area contributed by atoms with E-state index in [0.29, 0.717) is 11.7 Å². The van der Waals surface area contributed by atoms with Crippen LogP contribution in [-0.2, 0) is 13.1 Å². The van der Waals surface area contributed by atoms with E-state index in [9.17, 15) is 4.79 Å². The third kappa shape index (κ3) is 3.48. The number of hydrogen-bond donors (Lipinski definition) is 1. The number of imidazole rings is 1. The molecule has 2 aromatic rings. The topological polar surface area (TPSA) is 63.1 Å². The Labute approximate surface area is 152 Å². The first-order chi connectivity index (χ1) is 12.1. The van der Waals surface area contributed by atoms with Crippen molar-refractivity contribution < 1.29 is 4.79 Å². The van der Waals surface area contributed by atoms with E-state index in [-0.39, 0.29) is 11.9 Å². The van der Waals surface area contributed by atoms with Crippen molar-refractivity contribution in [1.29, 1.82) is 0 Å². The summed E-state index contributed by atoms with van der Waals surface area (Å²) in [7, 11) is 0. The molecule has 25 heavy (non-hydrogen) atoms. The van der Waals surface area contributed by atoms with Gasteiger partial charge in [-0.05, 0) is 26.7 Å². The number of aryl methyl sites for hydroxylation is 1. The van der Waals surface area contributed by atoms with Crippen molar-refractivity contribution >= 4 is 17.2 Å². The van der Waals surface area contributed by atoms with E-state index in [1.807, 2.05) is 13.1 Å². The molecule has 0 saturated heterocycles. The highest BCUT2D eigenvalue weighted by molar-refractivity contribution is 7.09. The summed E-state index contributed by atoms with van der Waals surface area (Å²) >= 11 is 1.71. The fourth-order valence-electron chi connectivity index (χ4n) is 3.84. The van der Waals surface area contributed by atoms with Crippen molar-refractivity contribution in [3.8, 4) is 0 Å². The first kappa shape index (κ1) is 16.7. The van der Waals surface area contributed by atoms with Gasteiger partial charge in [0.2, 0.25) is 0 Å². The number of aromatic nitrogens is 3. The molecule has 1 fully saturated rings. The van der Waals surface area contributed by atoms with Gasteiger partial charge < -0.3 is 9.88 Å². The smallest absolute Gasteiger partial charge is 0.271 e. The molecule has 2 aromatic heterocycles. The van der Waals surface area contributed by atoms with Crippen LogP contribution in [0.4, 0.5) is 0 Å². The minimum Gasteiger partial charge on any atom is -0.348 e. The minimum atomic E-state index is -0.0249. The summed E-state index contributed by atoms with van der Waals surface area (Å²) in [6.07, 6.45) is 6.54. The Hall–Kier alpha value is -1.73. The number of carbonyl (C=O) groups excluding carboxylic acids is 1. The summed E-state index contributed by atoms with van der Waals surface area (Å²) in [5, 5.41) is 6.37. The fourth-order valence-corrected chi connectivity index (χ4v) is 4.64. The van der Waals surface area contributed by atoms with Crippen molar-refractivity contribution in [2.24, 2.45) is 0 Å². The van der Waals surface area contributed by atoms with Gasteiger partial charge >= 0.3 is 0 Å². The van der Waals surface area contributed by atoms with Crippen molar-refractivity contribution in [3.63, 3.8) is 0 Å². The van der Waals surface area contributed by atoms with Crippen LogP contribution in [0.2, 0.25) is 0 Å². The molecule has 0 spiro atoms. The van der Waals surface area contributed by atoms with Crippen LogP contribution in [0.1, 0.15) is 65.7 Å². The maximum Gasteiger partial charge on any atom is 0.271 e. The summed E-state index contributed by atoms with van der Waals surface area (Å²) in [6.45, 7) is 6.86. The molecule has 1 atom stereocenters. The first-order valence-corrected chi connectivity index (χ1v) is 10.0. The Balaban J connectivity index is 1.46. The van der Waals surface area contributed by atoms with Crippen molar-refractivity contribution in [2.45, 2.75) is 64.7 Å². The van der Waals surface area contributed by atoms with Gasteiger partial charge in [0.1, 0.15) is 16.5 Å². The quantitative estimate of drug-likeness (QED) is 0.912. The Morgan fingerprint density at radius 1 is 1.32 bits per heavy atom. The van der Waals surface area contributed by atoms with E-state index < -0.39 is 0 Å². The highest BCUT2D eigenvalue weighted by Crippen LogP contribution is 2.27. The summed E-state index contributed by atoms with van der Waals surface area (Å²) in [6, 6.07) is 0.513. The van der Waals surface area contributed by atoms with E-state index in [4.69, 9.17) is 0 Å². The monoisotopic (exact) mass is 359 g/mol. The Kier molecular flexibility index (Phi) is 4.60. The lowest BCUT2D eigenvalue weighted by molar-refractivity contribution is 0.0933. The van der Waals surface area contributed by atoms with Gasteiger partial charge in [0.15, 0.2) is 0 Å². The second-order valence-electron chi connectivity index (χ2n) is 7.16. The molecule has 1 aliphatic carbocycles. The van der Waals surface area contributed by atoms with Gasteiger partial charge in [-0.15, -0.1) is 11.3 Å². The lowest BCUT2D eigenvalue weighted by Crippen LogP contribution is -2.36. The lowest BCUT2D eigenvalue weighted by atomic mass is 10.2. The van der Waals surface area contributed by atoms with Gasteiger partial charge in [-0.1, -0.05) is 12.8 Å². The zero-order chi connectivity index (χ0) is 17.4. The van der Waals surface area contributed by atoms with Crippen molar-refractivity contribution in [3.05, 3.63) is 33.8 Å². The number of hydrogen-bond acceptors (Lipinski definition) is 5. The second-order valence-corrected chi connectivity index (χ2v) is 8.10. The van der Waals surface area contributed by atoms with E-state index in [1.165, 1.54) is 12.8 Å². The molecule has 4 rings (SSSR count). The molecule has 6 nitrogen and oxygen atoms in total. The largest absolute Gasteiger partial charge is 0.348 e. The molecule has 2 aliphatic rings. The number of nitrogens with zero attached hydrogens (tertiary/aromatic N) is 4. The number of nitrogens with one attached hydrogen (secondary N) is 1.